The maximum absolute atomic E-state index is 12.9. The molecule has 0 radical (unpaired) electrons. The van der Waals surface area contributed by atoms with Crippen molar-refractivity contribution >= 4 is 17.4 Å². The summed E-state index contributed by atoms with van der Waals surface area (Å²) in [6.45, 7) is 0. The molecular formula is C13H15ClFNO. The van der Waals surface area contributed by atoms with Crippen LogP contribution in [0.1, 0.15) is 31.2 Å². The highest BCUT2D eigenvalue weighted by molar-refractivity contribution is 6.31. The Morgan fingerprint density at radius 2 is 2.06 bits per heavy atom. The lowest BCUT2D eigenvalue weighted by Crippen LogP contribution is -2.46. The first-order chi connectivity index (χ1) is 8.01. The maximum atomic E-state index is 12.9. The van der Waals surface area contributed by atoms with Gasteiger partial charge < -0.3 is 5.73 Å². The van der Waals surface area contributed by atoms with E-state index in [0.29, 0.717) is 10.6 Å². The van der Waals surface area contributed by atoms with Crippen molar-refractivity contribution in [2.75, 3.05) is 0 Å². The molecular weight excluding hydrogens is 241 g/mol. The fourth-order valence-corrected chi connectivity index (χ4v) is 2.53. The fourth-order valence-electron chi connectivity index (χ4n) is 2.30. The molecule has 17 heavy (non-hydrogen) atoms. The fraction of sp³-hybridized carbons (Fsp3) is 0.462. The summed E-state index contributed by atoms with van der Waals surface area (Å²) in [7, 11) is 0. The second-order valence-electron chi connectivity index (χ2n) is 4.70. The Bertz CT molecular complexity index is 441. The standard InChI is InChI=1S/C13H15ClFNO/c14-11-8-10(15)4-3-9(11)7-12(17)13(16)5-1-2-6-13/h3-4,8H,1-2,5-7,16H2. The molecule has 2 N–H and O–H groups in total. The van der Waals surface area contributed by atoms with Crippen LogP contribution in [0.5, 0.6) is 0 Å². The van der Waals surface area contributed by atoms with Gasteiger partial charge in [0.1, 0.15) is 5.82 Å². The number of carbonyl (C=O) groups is 1. The summed E-state index contributed by atoms with van der Waals surface area (Å²) >= 11 is 5.89. The average Bonchev–Trinajstić information content (AvgIpc) is 2.71. The Labute approximate surface area is 105 Å². The van der Waals surface area contributed by atoms with Crippen molar-refractivity contribution in [3.8, 4) is 0 Å². The summed E-state index contributed by atoms with van der Waals surface area (Å²) in [5, 5.41) is 0.292. The average molecular weight is 256 g/mol. The van der Waals surface area contributed by atoms with Crippen LogP contribution in [0.25, 0.3) is 0 Å². The van der Waals surface area contributed by atoms with Crippen LogP contribution in [0.3, 0.4) is 0 Å². The molecule has 0 unspecified atom stereocenters. The molecule has 1 saturated carbocycles. The molecule has 0 aromatic heterocycles. The largest absolute Gasteiger partial charge is 0.319 e. The van der Waals surface area contributed by atoms with E-state index in [1.165, 1.54) is 12.1 Å². The molecule has 0 spiro atoms. The SMILES string of the molecule is NC1(C(=O)Cc2ccc(F)cc2Cl)CCCC1. The van der Waals surface area contributed by atoms with Crippen LogP contribution in [-0.4, -0.2) is 11.3 Å². The van der Waals surface area contributed by atoms with E-state index in [4.69, 9.17) is 17.3 Å². The minimum Gasteiger partial charge on any atom is -0.319 e. The first kappa shape index (κ1) is 12.5. The van der Waals surface area contributed by atoms with Crippen LogP contribution in [0.2, 0.25) is 5.02 Å². The number of hydrogen-bond donors (Lipinski definition) is 1. The van der Waals surface area contributed by atoms with E-state index in [1.54, 1.807) is 6.07 Å². The van der Waals surface area contributed by atoms with Gasteiger partial charge in [-0.15, -0.1) is 0 Å². The second-order valence-corrected chi connectivity index (χ2v) is 5.11. The van der Waals surface area contributed by atoms with Gasteiger partial charge in [-0.25, -0.2) is 4.39 Å². The molecule has 0 heterocycles. The number of hydrogen-bond acceptors (Lipinski definition) is 2. The van der Waals surface area contributed by atoms with Crippen LogP contribution in [0.4, 0.5) is 4.39 Å². The molecule has 0 bridgehead atoms. The van der Waals surface area contributed by atoms with Gasteiger partial charge in [0.15, 0.2) is 5.78 Å². The predicted molar refractivity (Wildman–Crippen MR) is 65.5 cm³/mol. The van der Waals surface area contributed by atoms with Crippen molar-refractivity contribution in [1.82, 2.24) is 0 Å². The summed E-state index contributed by atoms with van der Waals surface area (Å²) in [5.74, 6) is -0.391. The number of benzene rings is 1. The number of Topliss-reactive ketones (excluding diaryl/α,β-unsaturated/α-hetero) is 1. The van der Waals surface area contributed by atoms with E-state index in [2.05, 4.69) is 0 Å². The van der Waals surface area contributed by atoms with Gasteiger partial charge in [-0.3, -0.25) is 4.79 Å². The predicted octanol–water partition coefficient (Wildman–Crippen LogP) is 2.86. The molecule has 0 aliphatic heterocycles. The van der Waals surface area contributed by atoms with E-state index in [-0.39, 0.29) is 12.2 Å². The van der Waals surface area contributed by atoms with Crippen molar-refractivity contribution < 1.29 is 9.18 Å². The van der Waals surface area contributed by atoms with Gasteiger partial charge in [-0.1, -0.05) is 30.5 Å². The van der Waals surface area contributed by atoms with E-state index >= 15 is 0 Å². The number of rotatable bonds is 3. The lowest BCUT2D eigenvalue weighted by Gasteiger charge is -2.21. The normalized spacial score (nSPS) is 18.3. The zero-order chi connectivity index (χ0) is 12.5. The van der Waals surface area contributed by atoms with E-state index in [9.17, 15) is 9.18 Å². The molecule has 1 aliphatic rings. The zero-order valence-electron chi connectivity index (χ0n) is 9.51. The molecule has 2 nitrogen and oxygen atoms in total. The van der Waals surface area contributed by atoms with Gasteiger partial charge in [0, 0.05) is 11.4 Å². The van der Waals surface area contributed by atoms with Gasteiger partial charge in [0.25, 0.3) is 0 Å². The maximum Gasteiger partial charge on any atom is 0.157 e. The molecule has 0 amide bonds. The smallest absolute Gasteiger partial charge is 0.157 e. The van der Waals surface area contributed by atoms with E-state index in [1.807, 2.05) is 0 Å². The lowest BCUT2D eigenvalue weighted by molar-refractivity contribution is -0.123. The number of ketones is 1. The van der Waals surface area contributed by atoms with Crippen molar-refractivity contribution in [3.63, 3.8) is 0 Å². The van der Waals surface area contributed by atoms with Crippen LogP contribution >= 0.6 is 11.6 Å². The molecule has 92 valence electrons. The Hall–Kier alpha value is -0.930. The topological polar surface area (TPSA) is 43.1 Å². The second kappa shape index (κ2) is 4.75. The lowest BCUT2D eigenvalue weighted by atomic mass is 9.89. The van der Waals surface area contributed by atoms with Gasteiger partial charge >= 0.3 is 0 Å². The highest BCUT2D eigenvalue weighted by Crippen LogP contribution is 2.30. The minimum absolute atomic E-state index is 0.00325. The van der Waals surface area contributed by atoms with Crippen molar-refractivity contribution in [1.29, 1.82) is 0 Å². The monoisotopic (exact) mass is 255 g/mol. The Kier molecular flexibility index (Phi) is 3.50. The molecule has 4 heteroatoms. The molecule has 1 fully saturated rings. The Balaban J connectivity index is 2.13. The number of halogens is 2. The van der Waals surface area contributed by atoms with E-state index < -0.39 is 11.4 Å². The molecule has 2 rings (SSSR count). The third-order valence-electron chi connectivity index (χ3n) is 3.42. The molecule has 1 aromatic rings. The summed E-state index contributed by atoms with van der Waals surface area (Å²) in [5.41, 5.74) is 6.01. The van der Waals surface area contributed by atoms with Gasteiger partial charge in [0.05, 0.1) is 5.54 Å². The first-order valence-electron chi connectivity index (χ1n) is 5.77. The van der Waals surface area contributed by atoms with Crippen molar-refractivity contribution in [3.05, 3.63) is 34.6 Å². The molecule has 1 aliphatic carbocycles. The summed E-state index contributed by atoms with van der Waals surface area (Å²) < 4.78 is 12.9. The van der Waals surface area contributed by atoms with Crippen molar-refractivity contribution in [2.45, 2.75) is 37.6 Å². The highest BCUT2D eigenvalue weighted by atomic mass is 35.5. The Morgan fingerprint density at radius 3 is 2.65 bits per heavy atom. The van der Waals surface area contributed by atoms with Gasteiger partial charge in [0.2, 0.25) is 0 Å². The minimum atomic E-state index is -0.697. The number of nitrogens with two attached hydrogens (primary N) is 1. The molecule has 0 saturated heterocycles. The molecule has 1 aromatic carbocycles. The van der Waals surface area contributed by atoms with Crippen LogP contribution < -0.4 is 5.73 Å². The van der Waals surface area contributed by atoms with Gasteiger partial charge in [-0.2, -0.15) is 0 Å². The summed E-state index contributed by atoms with van der Waals surface area (Å²) in [4.78, 5) is 12.1. The zero-order valence-corrected chi connectivity index (χ0v) is 10.3. The Morgan fingerprint density at radius 1 is 1.41 bits per heavy atom. The van der Waals surface area contributed by atoms with Crippen LogP contribution in [0, 0.1) is 5.82 Å². The quantitative estimate of drug-likeness (QED) is 0.903. The number of carbonyl (C=O) groups excluding carboxylic acids is 1. The van der Waals surface area contributed by atoms with Crippen LogP contribution in [-0.2, 0) is 11.2 Å². The van der Waals surface area contributed by atoms with E-state index in [0.717, 1.165) is 25.7 Å². The van der Waals surface area contributed by atoms with Crippen LogP contribution in [0.15, 0.2) is 18.2 Å². The van der Waals surface area contributed by atoms with Crippen molar-refractivity contribution in [2.24, 2.45) is 5.73 Å². The summed E-state index contributed by atoms with van der Waals surface area (Å²) in [6, 6.07) is 4.09. The third kappa shape index (κ3) is 2.67. The summed E-state index contributed by atoms with van der Waals surface area (Å²) in [6.07, 6.45) is 3.67. The molecule has 0 atom stereocenters. The highest BCUT2D eigenvalue weighted by Gasteiger charge is 2.36. The third-order valence-corrected chi connectivity index (χ3v) is 3.77. The van der Waals surface area contributed by atoms with Gasteiger partial charge in [-0.05, 0) is 30.5 Å². The first-order valence-corrected chi connectivity index (χ1v) is 6.15.